The molecule has 1 aliphatic carbocycles. The molecule has 0 aliphatic heterocycles. The van der Waals surface area contributed by atoms with Gasteiger partial charge in [-0.1, -0.05) is 24.4 Å². The zero-order chi connectivity index (χ0) is 13.7. The average Bonchev–Trinajstić information content (AvgIpc) is 2.90. The van der Waals surface area contributed by atoms with Crippen LogP contribution in [0.2, 0.25) is 5.02 Å². The van der Waals surface area contributed by atoms with Crippen LogP contribution in [-0.4, -0.2) is 23.7 Å². The second-order valence-corrected chi connectivity index (χ2v) is 5.18. The zero-order valence-electron chi connectivity index (χ0n) is 10.7. The van der Waals surface area contributed by atoms with Crippen LogP contribution in [-0.2, 0) is 11.4 Å². The third-order valence-electron chi connectivity index (χ3n) is 3.27. The van der Waals surface area contributed by atoms with Gasteiger partial charge in [-0.25, -0.2) is 0 Å². The molecule has 1 aromatic carbocycles. The molecule has 1 aliphatic rings. The molecule has 0 saturated heterocycles. The third kappa shape index (κ3) is 4.11. The molecule has 0 radical (unpaired) electrons. The topological polar surface area (TPSA) is 58.6 Å². The van der Waals surface area contributed by atoms with Gasteiger partial charge in [0.05, 0.1) is 6.61 Å². The van der Waals surface area contributed by atoms with Crippen LogP contribution in [0.4, 0.5) is 0 Å². The Kier molecular flexibility index (Phi) is 5.05. The lowest BCUT2D eigenvalue weighted by molar-refractivity contribution is -0.123. The summed E-state index contributed by atoms with van der Waals surface area (Å²) in [5.74, 6) is 0.374. The second-order valence-electron chi connectivity index (χ2n) is 4.75. The molecule has 19 heavy (non-hydrogen) atoms. The van der Waals surface area contributed by atoms with E-state index in [1.54, 1.807) is 18.2 Å². The van der Waals surface area contributed by atoms with Gasteiger partial charge in [0.2, 0.25) is 0 Å². The van der Waals surface area contributed by atoms with Crippen LogP contribution < -0.4 is 10.1 Å². The molecular weight excluding hydrogens is 266 g/mol. The second kappa shape index (κ2) is 6.78. The van der Waals surface area contributed by atoms with E-state index in [9.17, 15) is 9.90 Å². The predicted octanol–water partition coefficient (Wildman–Crippen LogP) is 2.27. The number of rotatable bonds is 5. The van der Waals surface area contributed by atoms with Gasteiger partial charge < -0.3 is 15.2 Å². The maximum absolute atomic E-state index is 11.7. The van der Waals surface area contributed by atoms with Crippen LogP contribution in [0, 0.1) is 0 Å². The van der Waals surface area contributed by atoms with Crippen molar-refractivity contribution in [1.82, 2.24) is 5.32 Å². The Balaban J connectivity index is 1.85. The van der Waals surface area contributed by atoms with Gasteiger partial charge in [-0.15, -0.1) is 0 Å². The third-order valence-corrected chi connectivity index (χ3v) is 3.51. The van der Waals surface area contributed by atoms with E-state index >= 15 is 0 Å². The molecule has 4 nitrogen and oxygen atoms in total. The molecule has 0 atom stereocenters. The summed E-state index contributed by atoms with van der Waals surface area (Å²) in [5, 5.41) is 12.7. The van der Waals surface area contributed by atoms with E-state index in [0.29, 0.717) is 22.4 Å². The van der Waals surface area contributed by atoms with Gasteiger partial charge in [0.1, 0.15) is 5.75 Å². The van der Waals surface area contributed by atoms with Crippen LogP contribution in [0.15, 0.2) is 18.2 Å². The van der Waals surface area contributed by atoms with Gasteiger partial charge in [0, 0.05) is 16.6 Å². The minimum atomic E-state index is -0.167. The van der Waals surface area contributed by atoms with Gasteiger partial charge >= 0.3 is 0 Å². The maximum Gasteiger partial charge on any atom is 0.258 e. The molecule has 5 heteroatoms. The first-order valence-corrected chi connectivity index (χ1v) is 6.88. The Morgan fingerprint density at radius 1 is 1.42 bits per heavy atom. The lowest BCUT2D eigenvalue weighted by Crippen LogP contribution is -2.36. The summed E-state index contributed by atoms with van der Waals surface area (Å²) < 4.78 is 5.42. The fraction of sp³-hybridized carbons (Fsp3) is 0.500. The minimum absolute atomic E-state index is 0.0366. The van der Waals surface area contributed by atoms with E-state index in [4.69, 9.17) is 16.3 Å². The number of amides is 1. The van der Waals surface area contributed by atoms with E-state index in [2.05, 4.69) is 5.32 Å². The summed E-state index contributed by atoms with van der Waals surface area (Å²) in [6.45, 7) is -0.203. The molecule has 0 heterocycles. The Labute approximate surface area is 117 Å². The lowest BCUT2D eigenvalue weighted by atomic mass is 10.2. The van der Waals surface area contributed by atoms with Crippen molar-refractivity contribution in [2.24, 2.45) is 0 Å². The highest BCUT2D eigenvalue weighted by molar-refractivity contribution is 6.30. The van der Waals surface area contributed by atoms with E-state index in [0.717, 1.165) is 12.8 Å². The number of carbonyl (C=O) groups is 1. The first kappa shape index (κ1) is 14.2. The van der Waals surface area contributed by atoms with Crippen molar-refractivity contribution in [2.75, 3.05) is 6.61 Å². The SMILES string of the molecule is O=C(COc1ccc(Cl)cc1CO)NC1CCCC1. The molecule has 1 fully saturated rings. The highest BCUT2D eigenvalue weighted by atomic mass is 35.5. The summed E-state index contributed by atoms with van der Waals surface area (Å²) in [7, 11) is 0. The molecule has 104 valence electrons. The van der Waals surface area contributed by atoms with Crippen molar-refractivity contribution in [3.63, 3.8) is 0 Å². The first-order chi connectivity index (χ1) is 9.19. The van der Waals surface area contributed by atoms with Crippen molar-refractivity contribution < 1.29 is 14.6 Å². The molecular formula is C14H18ClNO3. The van der Waals surface area contributed by atoms with Crippen LogP contribution in [0.25, 0.3) is 0 Å². The molecule has 2 rings (SSSR count). The monoisotopic (exact) mass is 283 g/mol. The summed E-state index contributed by atoms with van der Waals surface area (Å²) in [5.41, 5.74) is 0.584. The first-order valence-electron chi connectivity index (χ1n) is 6.50. The summed E-state index contributed by atoms with van der Waals surface area (Å²) in [6.07, 6.45) is 4.46. The Hall–Kier alpha value is -1.26. The van der Waals surface area contributed by atoms with Gasteiger partial charge in [-0.2, -0.15) is 0 Å². The zero-order valence-corrected chi connectivity index (χ0v) is 11.4. The molecule has 0 aromatic heterocycles. The molecule has 1 amide bonds. The van der Waals surface area contributed by atoms with E-state index in [1.165, 1.54) is 12.8 Å². The number of carbonyl (C=O) groups excluding carboxylic acids is 1. The molecule has 1 aromatic rings. The van der Waals surface area contributed by atoms with Crippen LogP contribution in [0.1, 0.15) is 31.2 Å². The van der Waals surface area contributed by atoms with Crippen molar-refractivity contribution in [3.8, 4) is 5.75 Å². The van der Waals surface area contributed by atoms with E-state index in [-0.39, 0.29) is 19.1 Å². The van der Waals surface area contributed by atoms with Gasteiger partial charge in [0.25, 0.3) is 5.91 Å². The van der Waals surface area contributed by atoms with Gasteiger partial charge in [-0.05, 0) is 31.0 Å². The smallest absolute Gasteiger partial charge is 0.258 e. The molecule has 2 N–H and O–H groups in total. The van der Waals surface area contributed by atoms with Crippen molar-refractivity contribution in [3.05, 3.63) is 28.8 Å². The number of benzene rings is 1. The highest BCUT2D eigenvalue weighted by Crippen LogP contribution is 2.23. The largest absolute Gasteiger partial charge is 0.483 e. The number of ether oxygens (including phenoxy) is 1. The van der Waals surface area contributed by atoms with E-state index in [1.807, 2.05) is 0 Å². The number of hydrogen-bond donors (Lipinski definition) is 2. The Morgan fingerprint density at radius 3 is 2.84 bits per heavy atom. The van der Waals surface area contributed by atoms with Crippen molar-refractivity contribution >= 4 is 17.5 Å². The van der Waals surface area contributed by atoms with Crippen LogP contribution in [0.5, 0.6) is 5.75 Å². The molecule has 0 bridgehead atoms. The number of aliphatic hydroxyl groups is 1. The number of nitrogens with one attached hydrogen (secondary N) is 1. The maximum atomic E-state index is 11.7. The van der Waals surface area contributed by atoms with Crippen molar-refractivity contribution in [1.29, 1.82) is 0 Å². The number of hydrogen-bond acceptors (Lipinski definition) is 3. The normalized spacial score (nSPS) is 15.5. The molecule has 1 saturated carbocycles. The number of halogens is 1. The van der Waals surface area contributed by atoms with E-state index < -0.39 is 0 Å². The fourth-order valence-corrected chi connectivity index (χ4v) is 2.49. The minimum Gasteiger partial charge on any atom is -0.483 e. The Bertz CT molecular complexity index is 444. The summed E-state index contributed by atoms with van der Waals surface area (Å²) in [4.78, 5) is 11.7. The van der Waals surface area contributed by atoms with Crippen molar-refractivity contribution in [2.45, 2.75) is 38.3 Å². The molecule has 0 unspecified atom stereocenters. The fourth-order valence-electron chi connectivity index (χ4n) is 2.30. The summed E-state index contributed by atoms with van der Waals surface area (Å²) in [6, 6.07) is 5.26. The predicted molar refractivity (Wildman–Crippen MR) is 73.3 cm³/mol. The van der Waals surface area contributed by atoms with Crippen LogP contribution >= 0.6 is 11.6 Å². The quantitative estimate of drug-likeness (QED) is 0.871. The average molecular weight is 284 g/mol. The van der Waals surface area contributed by atoms with Gasteiger partial charge in [0.15, 0.2) is 6.61 Å². The summed E-state index contributed by atoms with van der Waals surface area (Å²) >= 11 is 5.83. The van der Waals surface area contributed by atoms with Gasteiger partial charge in [-0.3, -0.25) is 4.79 Å². The molecule has 0 spiro atoms. The number of aliphatic hydroxyl groups excluding tert-OH is 1. The standard InChI is InChI=1S/C14H18ClNO3/c15-11-5-6-13(10(7-11)8-17)19-9-14(18)16-12-3-1-2-4-12/h5-7,12,17H,1-4,8-9H2,(H,16,18). The van der Waals surface area contributed by atoms with Crippen LogP contribution in [0.3, 0.4) is 0 Å². The Morgan fingerprint density at radius 2 is 2.16 bits per heavy atom. The highest BCUT2D eigenvalue weighted by Gasteiger charge is 2.17. The lowest BCUT2D eigenvalue weighted by Gasteiger charge is -2.14.